The normalized spacial score (nSPS) is 16.9. The van der Waals surface area contributed by atoms with Crippen molar-refractivity contribution in [2.45, 2.75) is 39.0 Å². The summed E-state index contributed by atoms with van der Waals surface area (Å²) in [5, 5.41) is 5.80. The zero-order valence-electron chi connectivity index (χ0n) is 15.8. The standard InChI is InChI=1S/C21H27N3O2S/c1-16-6-5-11-24(14-16)21(26)9-10-22-19(25)13-18-15-27-20(23-18)12-17-7-3-2-4-8-17/h2-4,7-8,15-16H,5-6,9-14H2,1H3,(H,22,25). The van der Waals surface area contributed by atoms with Gasteiger partial charge in [0.05, 0.1) is 17.1 Å². The van der Waals surface area contributed by atoms with E-state index in [0.717, 1.165) is 36.6 Å². The van der Waals surface area contributed by atoms with Gasteiger partial charge in [-0.15, -0.1) is 11.3 Å². The highest BCUT2D eigenvalue weighted by molar-refractivity contribution is 7.09. The molecule has 2 heterocycles. The van der Waals surface area contributed by atoms with Crippen LogP contribution in [0, 0.1) is 5.92 Å². The van der Waals surface area contributed by atoms with Gasteiger partial charge in [-0.1, -0.05) is 37.3 Å². The van der Waals surface area contributed by atoms with E-state index >= 15 is 0 Å². The van der Waals surface area contributed by atoms with Crippen LogP contribution in [0.1, 0.15) is 42.5 Å². The molecule has 1 N–H and O–H groups in total. The van der Waals surface area contributed by atoms with Gasteiger partial charge in [0.25, 0.3) is 0 Å². The Morgan fingerprint density at radius 2 is 2.11 bits per heavy atom. The molecule has 1 aromatic carbocycles. The largest absolute Gasteiger partial charge is 0.355 e. The van der Waals surface area contributed by atoms with Gasteiger partial charge in [0, 0.05) is 37.9 Å². The first-order valence-corrected chi connectivity index (χ1v) is 10.5. The first-order chi connectivity index (χ1) is 13.1. The quantitative estimate of drug-likeness (QED) is 0.797. The molecule has 0 aliphatic carbocycles. The number of nitrogens with one attached hydrogen (secondary N) is 1. The van der Waals surface area contributed by atoms with Crippen LogP contribution < -0.4 is 5.32 Å². The van der Waals surface area contributed by atoms with Crippen LogP contribution >= 0.6 is 11.3 Å². The summed E-state index contributed by atoms with van der Waals surface area (Å²) in [5.41, 5.74) is 2.01. The van der Waals surface area contributed by atoms with Crippen molar-refractivity contribution in [3.05, 3.63) is 52.0 Å². The molecule has 1 saturated heterocycles. The molecule has 1 atom stereocenters. The Hall–Kier alpha value is -2.21. The molecule has 1 aliphatic rings. The van der Waals surface area contributed by atoms with Gasteiger partial charge in [-0.3, -0.25) is 9.59 Å². The summed E-state index contributed by atoms with van der Waals surface area (Å²) in [7, 11) is 0. The second kappa shape index (κ2) is 9.65. The summed E-state index contributed by atoms with van der Waals surface area (Å²) in [5.74, 6) is 0.638. The van der Waals surface area contributed by atoms with E-state index in [1.165, 1.54) is 12.0 Å². The number of hydrogen-bond donors (Lipinski definition) is 1. The molecule has 6 heteroatoms. The molecule has 1 aliphatic heterocycles. The van der Waals surface area contributed by atoms with Gasteiger partial charge in [0.2, 0.25) is 11.8 Å². The fourth-order valence-corrected chi connectivity index (χ4v) is 4.22. The van der Waals surface area contributed by atoms with Crippen LogP contribution in [0.3, 0.4) is 0 Å². The minimum atomic E-state index is -0.0774. The fourth-order valence-electron chi connectivity index (χ4n) is 3.39. The molecule has 1 unspecified atom stereocenters. The Bertz CT molecular complexity index is 760. The molecule has 2 amide bonds. The smallest absolute Gasteiger partial charge is 0.226 e. The first kappa shape index (κ1) is 19.5. The van der Waals surface area contributed by atoms with Crippen LogP contribution in [0.25, 0.3) is 0 Å². The maximum absolute atomic E-state index is 12.2. The third-order valence-corrected chi connectivity index (χ3v) is 5.71. The number of aromatic nitrogens is 1. The summed E-state index contributed by atoms with van der Waals surface area (Å²) in [6.45, 7) is 4.26. The third-order valence-electron chi connectivity index (χ3n) is 4.81. The van der Waals surface area contributed by atoms with Crippen molar-refractivity contribution in [3.63, 3.8) is 0 Å². The number of carbonyl (C=O) groups is 2. The van der Waals surface area contributed by atoms with Gasteiger partial charge in [-0.25, -0.2) is 4.98 Å². The number of hydrogen-bond acceptors (Lipinski definition) is 4. The number of rotatable bonds is 7. The topological polar surface area (TPSA) is 62.3 Å². The summed E-state index contributed by atoms with van der Waals surface area (Å²) >= 11 is 1.58. The lowest BCUT2D eigenvalue weighted by Crippen LogP contribution is -2.40. The zero-order chi connectivity index (χ0) is 19.1. The van der Waals surface area contributed by atoms with Crippen molar-refractivity contribution in [1.82, 2.24) is 15.2 Å². The predicted molar refractivity (Wildman–Crippen MR) is 108 cm³/mol. The summed E-state index contributed by atoms with van der Waals surface area (Å²) < 4.78 is 0. The van der Waals surface area contributed by atoms with Crippen molar-refractivity contribution < 1.29 is 9.59 Å². The number of amides is 2. The molecule has 3 rings (SSSR count). The molecule has 0 saturated carbocycles. The van der Waals surface area contributed by atoms with Crippen molar-refractivity contribution in [3.8, 4) is 0 Å². The lowest BCUT2D eigenvalue weighted by atomic mass is 10.00. The second-order valence-electron chi connectivity index (χ2n) is 7.26. The van der Waals surface area contributed by atoms with Crippen molar-refractivity contribution in [1.29, 1.82) is 0 Å². The fraction of sp³-hybridized carbons (Fsp3) is 0.476. The Balaban J connectivity index is 1.39. The summed E-state index contributed by atoms with van der Waals surface area (Å²) in [6, 6.07) is 10.2. The van der Waals surface area contributed by atoms with E-state index in [-0.39, 0.29) is 18.2 Å². The van der Waals surface area contributed by atoms with E-state index in [1.807, 2.05) is 28.5 Å². The highest BCUT2D eigenvalue weighted by Crippen LogP contribution is 2.16. The lowest BCUT2D eigenvalue weighted by Gasteiger charge is -2.31. The Morgan fingerprint density at radius 3 is 2.89 bits per heavy atom. The highest BCUT2D eigenvalue weighted by atomic mass is 32.1. The summed E-state index contributed by atoms with van der Waals surface area (Å²) in [6.07, 6.45) is 3.69. The lowest BCUT2D eigenvalue weighted by molar-refractivity contribution is -0.132. The monoisotopic (exact) mass is 385 g/mol. The number of thiazole rings is 1. The minimum absolute atomic E-state index is 0.0774. The van der Waals surface area contributed by atoms with E-state index in [9.17, 15) is 9.59 Å². The van der Waals surface area contributed by atoms with Crippen LogP contribution in [0.15, 0.2) is 35.7 Å². The average Bonchev–Trinajstić information content (AvgIpc) is 3.09. The molecule has 1 aromatic heterocycles. The minimum Gasteiger partial charge on any atom is -0.355 e. The van der Waals surface area contributed by atoms with Crippen molar-refractivity contribution in [2.24, 2.45) is 5.92 Å². The van der Waals surface area contributed by atoms with Gasteiger partial charge in [0.15, 0.2) is 0 Å². The molecule has 2 aromatic rings. The summed E-state index contributed by atoms with van der Waals surface area (Å²) in [4.78, 5) is 30.8. The van der Waals surface area contributed by atoms with Gasteiger partial charge in [0.1, 0.15) is 0 Å². The maximum Gasteiger partial charge on any atom is 0.226 e. The third kappa shape index (κ3) is 6.17. The highest BCUT2D eigenvalue weighted by Gasteiger charge is 2.20. The Labute approximate surface area is 164 Å². The number of benzene rings is 1. The number of piperidine rings is 1. The molecule has 1 fully saturated rings. The van der Waals surface area contributed by atoms with Crippen LogP contribution in [-0.2, 0) is 22.4 Å². The molecular weight excluding hydrogens is 358 g/mol. The van der Waals surface area contributed by atoms with Crippen molar-refractivity contribution >= 4 is 23.2 Å². The van der Waals surface area contributed by atoms with E-state index in [0.29, 0.717) is 18.9 Å². The molecule has 0 spiro atoms. The maximum atomic E-state index is 12.2. The Morgan fingerprint density at radius 1 is 1.30 bits per heavy atom. The van der Waals surface area contributed by atoms with E-state index in [2.05, 4.69) is 29.4 Å². The Kier molecular flexibility index (Phi) is 6.98. The molecule has 0 bridgehead atoms. The molecule has 144 valence electrons. The average molecular weight is 386 g/mol. The van der Waals surface area contributed by atoms with E-state index < -0.39 is 0 Å². The van der Waals surface area contributed by atoms with Gasteiger partial charge >= 0.3 is 0 Å². The molecule has 5 nitrogen and oxygen atoms in total. The number of nitrogens with zero attached hydrogens (tertiary/aromatic N) is 2. The predicted octanol–water partition coefficient (Wildman–Crippen LogP) is 3.04. The van der Waals surface area contributed by atoms with Crippen LogP contribution in [-0.4, -0.2) is 41.3 Å². The van der Waals surface area contributed by atoms with Gasteiger partial charge in [-0.05, 0) is 24.3 Å². The number of carbonyl (C=O) groups excluding carboxylic acids is 2. The second-order valence-corrected chi connectivity index (χ2v) is 8.20. The van der Waals surface area contributed by atoms with Crippen LogP contribution in [0.5, 0.6) is 0 Å². The number of likely N-dealkylation sites (tertiary alicyclic amines) is 1. The zero-order valence-corrected chi connectivity index (χ0v) is 16.6. The van der Waals surface area contributed by atoms with Crippen molar-refractivity contribution in [2.75, 3.05) is 19.6 Å². The van der Waals surface area contributed by atoms with Crippen LogP contribution in [0.4, 0.5) is 0 Å². The van der Waals surface area contributed by atoms with E-state index in [1.54, 1.807) is 11.3 Å². The van der Waals surface area contributed by atoms with Gasteiger partial charge < -0.3 is 10.2 Å². The van der Waals surface area contributed by atoms with Crippen LogP contribution in [0.2, 0.25) is 0 Å². The molecule has 0 radical (unpaired) electrons. The molecule has 27 heavy (non-hydrogen) atoms. The SMILES string of the molecule is CC1CCCN(C(=O)CCNC(=O)Cc2csc(Cc3ccccc3)n2)C1. The first-order valence-electron chi connectivity index (χ1n) is 9.62. The van der Waals surface area contributed by atoms with E-state index in [4.69, 9.17) is 0 Å². The molecular formula is C21H27N3O2S. The van der Waals surface area contributed by atoms with Gasteiger partial charge in [-0.2, -0.15) is 0 Å².